The van der Waals surface area contributed by atoms with Gasteiger partial charge in [-0.1, -0.05) is 40.0 Å². The van der Waals surface area contributed by atoms with Gasteiger partial charge in [0.05, 0.1) is 12.7 Å². The first-order valence-corrected chi connectivity index (χ1v) is 6.57. The van der Waals surface area contributed by atoms with Crippen LogP contribution in [0.5, 0.6) is 0 Å². The largest absolute Gasteiger partial charge is 0.377 e. The summed E-state index contributed by atoms with van der Waals surface area (Å²) in [4.78, 5) is 0. The Kier molecular flexibility index (Phi) is 6.26. The summed E-state index contributed by atoms with van der Waals surface area (Å²) in [6.07, 6.45) is 7.21. The Morgan fingerprint density at radius 3 is 2.80 bits per heavy atom. The summed E-state index contributed by atoms with van der Waals surface area (Å²) in [7, 11) is 0. The number of ether oxygens (including phenoxy) is 1. The second-order valence-electron chi connectivity index (χ2n) is 5.04. The predicted octanol–water partition coefficient (Wildman–Crippen LogP) is 2.97. The summed E-state index contributed by atoms with van der Waals surface area (Å²) in [6.45, 7) is 8.51. The Hall–Kier alpha value is -0.0800. The van der Waals surface area contributed by atoms with Crippen LogP contribution < -0.4 is 5.32 Å². The van der Waals surface area contributed by atoms with Crippen LogP contribution in [-0.2, 0) is 4.74 Å². The van der Waals surface area contributed by atoms with E-state index in [1.54, 1.807) is 0 Å². The molecule has 1 saturated carbocycles. The molecule has 0 radical (unpaired) electrons. The number of hydrogen-bond acceptors (Lipinski definition) is 2. The molecule has 1 rings (SSSR count). The molecule has 2 atom stereocenters. The second-order valence-corrected chi connectivity index (χ2v) is 5.04. The van der Waals surface area contributed by atoms with Crippen LogP contribution in [0.15, 0.2) is 0 Å². The third-order valence-corrected chi connectivity index (χ3v) is 3.32. The van der Waals surface area contributed by atoms with Crippen molar-refractivity contribution < 1.29 is 4.74 Å². The van der Waals surface area contributed by atoms with E-state index in [-0.39, 0.29) is 0 Å². The van der Waals surface area contributed by atoms with Crippen LogP contribution in [0.2, 0.25) is 0 Å². The summed E-state index contributed by atoms with van der Waals surface area (Å²) >= 11 is 0. The van der Waals surface area contributed by atoms with Crippen LogP contribution in [0.1, 0.15) is 52.9 Å². The molecule has 0 aromatic rings. The lowest BCUT2D eigenvalue weighted by Crippen LogP contribution is -2.30. The van der Waals surface area contributed by atoms with Crippen molar-refractivity contribution in [3.63, 3.8) is 0 Å². The van der Waals surface area contributed by atoms with Gasteiger partial charge in [-0.2, -0.15) is 0 Å². The first-order chi connectivity index (χ1) is 7.22. The lowest BCUT2D eigenvalue weighted by molar-refractivity contribution is 0.0137. The van der Waals surface area contributed by atoms with Crippen molar-refractivity contribution in [1.82, 2.24) is 5.32 Å². The second kappa shape index (κ2) is 7.24. The predicted molar refractivity (Wildman–Crippen MR) is 65.1 cm³/mol. The van der Waals surface area contributed by atoms with Gasteiger partial charge in [0.1, 0.15) is 0 Å². The zero-order valence-corrected chi connectivity index (χ0v) is 10.6. The molecule has 0 aliphatic heterocycles. The molecule has 0 heterocycles. The minimum Gasteiger partial charge on any atom is -0.377 e. The maximum absolute atomic E-state index is 5.90. The average molecular weight is 213 g/mol. The van der Waals surface area contributed by atoms with Crippen LogP contribution in [-0.4, -0.2) is 25.3 Å². The minimum atomic E-state index is 0.540. The lowest BCUT2D eigenvalue weighted by atomic mass is 9.85. The highest BCUT2D eigenvalue weighted by Crippen LogP contribution is 2.28. The van der Waals surface area contributed by atoms with E-state index in [9.17, 15) is 0 Å². The molecule has 1 aliphatic carbocycles. The fourth-order valence-corrected chi connectivity index (χ4v) is 2.34. The quantitative estimate of drug-likeness (QED) is 0.685. The Bertz CT molecular complexity index is 159. The van der Waals surface area contributed by atoms with E-state index in [0.29, 0.717) is 12.1 Å². The summed E-state index contributed by atoms with van der Waals surface area (Å²) in [5, 5.41) is 3.39. The standard InChI is InChI=1S/C13H27NO/c1-4-12-6-5-7-13(10-12)15-9-8-14-11(2)3/h11-14H,4-10H2,1-3H3. The van der Waals surface area contributed by atoms with Gasteiger partial charge in [0, 0.05) is 12.6 Å². The van der Waals surface area contributed by atoms with E-state index < -0.39 is 0 Å². The highest BCUT2D eigenvalue weighted by molar-refractivity contribution is 4.72. The third kappa shape index (κ3) is 5.53. The van der Waals surface area contributed by atoms with Gasteiger partial charge in [-0.05, 0) is 18.8 Å². The van der Waals surface area contributed by atoms with E-state index >= 15 is 0 Å². The van der Waals surface area contributed by atoms with Crippen LogP contribution in [0.25, 0.3) is 0 Å². The Morgan fingerprint density at radius 2 is 2.13 bits per heavy atom. The number of nitrogens with one attached hydrogen (secondary N) is 1. The molecule has 15 heavy (non-hydrogen) atoms. The van der Waals surface area contributed by atoms with Gasteiger partial charge in [0.2, 0.25) is 0 Å². The van der Waals surface area contributed by atoms with Crippen molar-refractivity contribution in [2.24, 2.45) is 5.92 Å². The molecule has 0 amide bonds. The van der Waals surface area contributed by atoms with E-state index in [0.717, 1.165) is 19.1 Å². The van der Waals surface area contributed by atoms with Crippen molar-refractivity contribution in [2.75, 3.05) is 13.2 Å². The molecule has 2 nitrogen and oxygen atoms in total. The highest BCUT2D eigenvalue weighted by atomic mass is 16.5. The topological polar surface area (TPSA) is 21.3 Å². The maximum Gasteiger partial charge on any atom is 0.0594 e. The van der Waals surface area contributed by atoms with E-state index in [4.69, 9.17) is 4.74 Å². The van der Waals surface area contributed by atoms with Gasteiger partial charge in [-0.15, -0.1) is 0 Å². The molecule has 2 heteroatoms. The van der Waals surface area contributed by atoms with E-state index in [1.807, 2.05) is 0 Å². The van der Waals surface area contributed by atoms with Crippen LogP contribution in [0.3, 0.4) is 0 Å². The maximum atomic E-state index is 5.90. The summed E-state index contributed by atoms with van der Waals surface area (Å²) in [6, 6.07) is 0.573. The molecule has 1 N–H and O–H groups in total. The fourth-order valence-electron chi connectivity index (χ4n) is 2.34. The van der Waals surface area contributed by atoms with E-state index in [2.05, 4.69) is 26.1 Å². The van der Waals surface area contributed by atoms with E-state index in [1.165, 1.54) is 32.1 Å². The molecule has 0 aromatic carbocycles. The van der Waals surface area contributed by atoms with Crippen molar-refractivity contribution in [1.29, 1.82) is 0 Å². The molecule has 0 aromatic heterocycles. The molecular formula is C13H27NO. The van der Waals surface area contributed by atoms with Crippen LogP contribution in [0.4, 0.5) is 0 Å². The van der Waals surface area contributed by atoms with Crippen molar-refractivity contribution in [3.8, 4) is 0 Å². The van der Waals surface area contributed by atoms with Crippen LogP contribution in [0, 0.1) is 5.92 Å². The molecule has 90 valence electrons. The first-order valence-electron chi connectivity index (χ1n) is 6.57. The smallest absolute Gasteiger partial charge is 0.0594 e. The summed E-state index contributed by atoms with van der Waals surface area (Å²) in [5.41, 5.74) is 0. The Labute approximate surface area is 94.8 Å². The zero-order valence-electron chi connectivity index (χ0n) is 10.6. The van der Waals surface area contributed by atoms with Crippen LogP contribution >= 0.6 is 0 Å². The molecule has 1 fully saturated rings. The van der Waals surface area contributed by atoms with Crippen molar-refractivity contribution >= 4 is 0 Å². The summed E-state index contributed by atoms with van der Waals surface area (Å²) < 4.78 is 5.90. The van der Waals surface area contributed by atoms with Gasteiger partial charge in [0.25, 0.3) is 0 Å². The highest BCUT2D eigenvalue weighted by Gasteiger charge is 2.20. The molecule has 1 aliphatic rings. The minimum absolute atomic E-state index is 0.540. The average Bonchev–Trinajstić information content (AvgIpc) is 2.24. The Morgan fingerprint density at radius 1 is 1.33 bits per heavy atom. The van der Waals surface area contributed by atoms with Crippen molar-refractivity contribution in [2.45, 2.75) is 65.0 Å². The zero-order chi connectivity index (χ0) is 11.1. The fraction of sp³-hybridized carbons (Fsp3) is 1.00. The molecule has 0 saturated heterocycles. The first kappa shape index (κ1) is 13.0. The van der Waals surface area contributed by atoms with Gasteiger partial charge in [-0.25, -0.2) is 0 Å². The SMILES string of the molecule is CCC1CCCC(OCCNC(C)C)C1. The third-order valence-electron chi connectivity index (χ3n) is 3.32. The number of rotatable bonds is 6. The monoisotopic (exact) mass is 213 g/mol. The van der Waals surface area contributed by atoms with Gasteiger partial charge in [-0.3, -0.25) is 0 Å². The normalized spacial score (nSPS) is 27.2. The van der Waals surface area contributed by atoms with Gasteiger partial charge >= 0.3 is 0 Å². The number of hydrogen-bond donors (Lipinski definition) is 1. The molecule has 0 spiro atoms. The van der Waals surface area contributed by atoms with Crippen molar-refractivity contribution in [3.05, 3.63) is 0 Å². The summed E-state index contributed by atoms with van der Waals surface area (Å²) in [5.74, 6) is 0.918. The molecule has 2 unspecified atom stereocenters. The Balaban J connectivity index is 2.05. The molecular weight excluding hydrogens is 186 g/mol. The van der Waals surface area contributed by atoms with Gasteiger partial charge in [0.15, 0.2) is 0 Å². The van der Waals surface area contributed by atoms with Gasteiger partial charge < -0.3 is 10.1 Å². The lowest BCUT2D eigenvalue weighted by Gasteiger charge is -2.28. The molecule has 0 bridgehead atoms.